The van der Waals surface area contributed by atoms with Crippen LogP contribution in [0.2, 0.25) is 5.02 Å². The zero-order chi connectivity index (χ0) is 12.3. The van der Waals surface area contributed by atoms with Crippen LogP contribution in [0.4, 0.5) is 5.69 Å². The predicted molar refractivity (Wildman–Crippen MR) is 69.6 cm³/mol. The molecule has 1 N–H and O–H groups in total. The minimum absolute atomic E-state index is 0.0233. The molecule has 0 aromatic heterocycles. The zero-order valence-corrected chi connectivity index (χ0v) is 10.8. The van der Waals surface area contributed by atoms with Gasteiger partial charge in [0.1, 0.15) is 0 Å². The molecule has 1 unspecified atom stereocenters. The molecule has 0 radical (unpaired) electrons. The fourth-order valence-corrected chi connectivity index (χ4v) is 2.50. The molecule has 1 heterocycles. The Balaban J connectivity index is 2.04. The van der Waals surface area contributed by atoms with E-state index >= 15 is 0 Å². The lowest BCUT2D eigenvalue weighted by molar-refractivity contribution is 0.116. The highest BCUT2D eigenvalue weighted by atomic mass is 35.5. The highest BCUT2D eigenvalue weighted by Gasteiger charge is 2.18. The molecule has 0 amide bonds. The summed E-state index contributed by atoms with van der Waals surface area (Å²) in [5.74, 6) is 0. The van der Waals surface area contributed by atoms with E-state index in [1.54, 1.807) is 0 Å². The van der Waals surface area contributed by atoms with Crippen molar-refractivity contribution in [2.24, 2.45) is 0 Å². The molecular weight excluding hydrogens is 238 g/mol. The number of benzene rings is 1. The second-order valence-corrected chi connectivity index (χ2v) is 4.87. The third kappa shape index (κ3) is 3.12. The Morgan fingerprint density at radius 1 is 1.53 bits per heavy atom. The molecule has 1 atom stereocenters. The Kier molecular flexibility index (Phi) is 4.26. The van der Waals surface area contributed by atoms with Gasteiger partial charge in [0.25, 0.3) is 0 Å². The summed E-state index contributed by atoms with van der Waals surface area (Å²) in [4.78, 5) is 2.11. The monoisotopic (exact) mass is 255 g/mol. The number of halogens is 1. The second kappa shape index (κ2) is 5.71. The molecule has 1 aliphatic heterocycles. The summed E-state index contributed by atoms with van der Waals surface area (Å²) < 4.78 is 5.61. The van der Waals surface area contributed by atoms with E-state index in [4.69, 9.17) is 21.4 Å². The smallest absolute Gasteiger partial charge is 0.0750 e. The van der Waals surface area contributed by atoms with Crippen LogP contribution < -0.4 is 4.90 Å². The maximum absolute atomic E-state index is 9.03. The summed E-state index contributed by atoms with van der Waals surface area (Å²) in [5, 5.41) is 9.71. The number of nitrogens with zero attached hydrogens (tertiary/aromatic N) is 1. The summed E-state index contributed by atoms with van der Waals surface area (Å²) >= 11 is 6.19. The van der Waals surface area contributed by atoms with Crippen molar-refractivity contribution in [1.82, 2.24) is 0 Å². The van der Waals surface area contributed by atoms with Crippen molar-refractivity contribution >= 4 is 17.3 Å². The number of hydrogen-bond donors (Lipinski definition) is 1. The Hall–Kier alpha value is -0.770. The van der Waals surface area contributed by atoms with Crippen LogP contribution >= 0.6 is 11.6 Å². The van der Waals surface area contributed by atoms with E-state index in [-0.39, 0.29) is 6.61 Å². The van der Waals surface area contributed by atoms with Crippen LogP contribution in [-0.4, -0.2) is 31.4 Å². The third-order valence-electron chi connectivity index (χ3n) is 3.11. The number of likely N-dealkylation sites (N-methyl/N-ethyl adjacent to an activating group) is 1. The molecule has 94 valence electrons. The molecule has 0 aliphatic carbocycles. The molecule has 0 bridgehead atoms. The first-order chi connectivity index (χ1) is 8.20. The van der Waals surface area contributed by atoms with Gasteiger partial charge in [0.05, 0.1) is 23.4 Å². The van der Waals surface area contributed by atoms with Crippen LogP contribution in [-0.2, 0) is 11.3 Å². The maximum Gasteiger partial charge on any atom is 0.0750 e. The number of hydrogen-bond acceptors (Lipinski definition) is 3. The van der Waals surface area contributed by atoms with Crippen molar-refractivity contribution in [1.29, 1.82) is 0 Å². The largest absolute Gasteiger partial charge is 0.392 e. The van der Waals surface area contributed by atoms with Crippen LogP contribution in [0.3, 0.4) is 0 Å². The van der Waals surface area contributed by atoms with Crippen LogP contribution in [0.1, 0.15) is 18.4 Å². The summed E-state index contributed by atoms with van der Waals surface area (Å²) in [7, 11) is 2.02. The van der Waals surface area contributed by atoms with Gasteiger partial charge in [0, 0.05) is 20.2 Å². The summed E-state index contributed by atoms with van der Waals surface area (Å²) in [6.45, 7) is 1.75. The fourth-order valence-electron chi connectivity index (χ4n) is 2.15. The molecule has 1 aliphatic rings. The predicted octanol–water partition coefficient (Wildman–Crippen LogP) is 2.45. The van der Waals surface area contributed by atoms with Crippen molar-refractivity contribution in [3.8, 4) is 0 Å². The van der Waals surface area contributed by atoms with Gasteiger partial charge in [-0.2, -0.15) is 0 Å². The molecule has 2 rings (SSSR count). The van der Waals surface area contributed by atoms with E-state index in [2.05, 4.69) is 4.90 Å². The van der Waals surface area contributed by atoms with Crippen molar-refractivity contribution in [2.45, 2.75) is 25.6 Å². The highest BCUT2D eigenvalue weighted by Crippen LogP contribution is 2.27. The normalized spacial score (nSPS) is 19.6. The molecule has 3 nitrogen and oxygen atoms in total. The molecule has 0 saturated carbocycles. The minimum Gasteiger partial charge on any atom is -0.392 e. The lowest BCUT2D eigenvalue weighted by Gasteiger charge is -2.24. The Bertz CT molecular complexity index is 378. The minimum atomic E-state index is 0.0233. The zero-order valence-electron chi connectivity index (χ0n) is 10.0. The summed E-state index contributed by atoms with van der Waals surface area (Å²) in [6, 6.07) is 5.65. The van der Waals surface area contributed by atoms with Gasteiger partial charge in [-0.1, -0.05) is 17.7 Å². The first-order valence-corrected chi connectivity index (χ1v) is 6.30. The van der Waals surface area contributed by atoms with Gasteiger partial charge in [-0.3, -0.25) is 0 Å². The van der Waals surface area contributed by atoms with E-state index in [1.165, 1.54) is 0 Å². The van der Waals surface area contributed by atoms with E-state index in [1.807, 2.05) is 25.2 Å². The van der Waals surface area contributed by atoms with Crippen molar-refractivity contribution in [3.05, 3.63) is 28.8 Å². The summed E-state index contributed by atoms with van der Waals surface area (Å²) in [5.41, 5.74) is 1.82. The lowest BCUT2D eigenvalue weighted by atomic mass is 10.2. The van der Waals surface area contributed by atoms with E-state index in [0.717, 1.165) is 37.2 Å². The van der Waals surface area contributed by atoms with Crippen molar-refractivity contribution in [3.63, 3.8) is 0 Å². The molecular formula is C13H18ClNO2. The third-order valence-corrected chi connectivity index (χ3v) is 3.41. The van der Waals surface area contributed by atoms with Crippen LogP contribution in [0.15, 0.2) is 18.2 Å². The molecule has 1 aromatic carbocycles. The number of aliphatic hydroxyl groups is 1. The fraction of sp³-hybridized carbons (Fsp3) is 0.538. The van der Waals surface area contributed by atoms with Crippen LogP contribution in [0.25, 0.3) is 0 Å². The maximum atomic E-state index is 9.03. The molecule has 17 heavy (non-hydrogen) atoms. The van der Waals surface area contributed by atoms with Gasteiger partial charge in [0.15, 0.2) is 0 Å². The second-order valence-electron chi connectivity index (χ2n) is 4.46. The quantitative estimate of drug-likeness (QED) is 0.897. The SMILES string of the molecule is CN(CC1CCCO1)c1ccc(CO)cc1Cl. The van der Waals surface area contributed by atoms with Gasteiger partial charge >= 0.3 is 0 Å². The van der Waals surface area contributed by atoms with Gasteiger partial charge in [-0.15, -0.1) is 0 Å². The van der Waals surface area contributed by atoms with Gasteiger partial charge < -0.3 is 14.7 Å². The molecule has 1 fully saturated rings. The topological polar surface area (TPSA) is 32.7 Å². The Morgan fingerprint density at radius 3 is 2.94 bits per heavy atom. The van der Waals surface area contributed by atoms with Crippen LogP contribution in [0, 0.1) is 0 Å². The average molecular weight is 256 g/mol. The number of aliphatic hydroxyl groups excluding tert-OH is 1. The molecule has 1 saturated heterocycles. The molecule has 1 aromatic rings. The van der Waals surface area contributed by atoms with E-state index in [9.17, 15) is 0 Å². The van der Waals surface area contributed by atoms with Gasteiger partial charge in [0.2, 0.25) is 0 Å². The highest BCUT2D eigenvalue weighted by molar-refractivity contribution is 6.33. The van der Waals surface area contributed by atoms with E-state index in [0.29, 0.717) is 11.1 Å². The van der Waals surface area contributed by atoms with Crippen molar-refractivity contribution < 1.29 is 9.84 Å². The van der Waals surface area contributed by atoms with Gasteiger partial charge in [-0.25, -0.2) is 0 Å². The standard InChI is InChI=1S/C13H18ClNO2/c1-15(8-11-3-2-6-17-11)13-5-4-10(9-16)7-12(13)14/h4-5,7,11,16H,2-3,6,8-9H2,1H3. The number of anilines is 1. The molecule has 0 spiro atoms. The Labute approximate surface area is 107 Å². The lowest BCUT2D eigenvalue weighted by Crippen LogP contribution is -2.28. The molecule has 4 heteroatoms. The Morgan fingerprint density at radius 2 is 2.35 bits per heavy atom. The summed E-state index contributed by atoms with van der Waals surface area (Å²) in [6.07, 6.45) is 2.58. The first kappa shape index (κ1) is 12.7. The number of ether oxygens (including phenoxy) is 1. The van der Waals surface area contributed by atoms with E-state index < -0.39 is 0 Å². The van der Waals surface area contributed by atoms with Crippen LogP contribution in [0.5, 0.6) is 0 Å². The number of rotatable bonds is 4. The first-order valence-electron chi connectivity index (χ1n) is 5.92. The average Bonchev–Trinajstić information content (AvgIpc) is 2.81. The van der Waals surface area contributed by atoms with Gasteiger partial charge in [-0.05, 0) is 30.5 Å². The van der Waals surface area contributed by atoms with Crippen molar-refractivity contribution in [2.75, 3.05) is 25.1 Å².